The van der Waals surface area contributed by atoms with Gasteiger partial charge in [0.2, 0.25) is 0 Å². The van der Waals surface area contributed by atoms with E-state index >= 15 is 0 Å². The molecule has 0 aliphatic carbocycles. The van der Waals surface area contributed by atoms with Crippen LogP contribution in [-0.4, -0.2) is 13.7 Å². The van der Waals surface area contributed by atoms with E-state index in [9.17, 15) is 0 Å². The molecule has 0 spiro atoms. The van der Waals surface area contributed by atoms with E-state index in [1.165, 1.54) is 11.1 Å². The molecular formula is C18H20ClNO. The van der Waals surface area contributed by atoms with Crippen molar-refractivity contribution >= 4 is 11.6 Å². The second kappa shape index (κ2) is 6.50. The van der Waals surface area contributed by atoms with Crippen LogP contribution in [-0.2, 0) is 12.8 Å². The Kier molecular flexibility index (Phi) is 4.47. The van der Waals surface area contributed by atoms with Gasteiger partial charge in [0.15, 0.2) is 0 Å². The summed E-state index contributed by atoms with van der Waals surface area (Å²) in [4.78, 5) is 0. The maximum Gasteiger partial charge on any atom is 0.127 e. The molecule has 1 heterocycles. The van der Waals surface area contributed by atoms with Gasteiger partial charge in [-0.25, -0.2) is 0 Å². The second-order valence-corrected chi connectivity index (χ2v) is 5.83. The van der Waals surface area contributed by atoms with Crippen LogP contribution in [0.5, 0.6) is 5.75 Å². The molecule has 0 amide bonds. The lowest BCUT2D eigenvalue weighted by Crippen LogP contribution is -2.21. The first-order valence-corrected chi connectivity index (χ1v) is 7.82. The van der Waals surface area contributed by atoms with Crippen LogP contribution in [0.2, 0.25) is 5.02 Å². The van der Waals surface area contributed by atoms with E-state index in [4.69, 9.17) is 16.3 Å². The molecule has 0 radical (unpaired) electrons. The Morgan fingerprint density at radius 3 is 2.86 bits per heavy atom. The van der Waals surface area contributed by atoms with Gasteiger partial charge in [-0.3, -0.25) is 0 Å². The summed E-state index contributed by atoms with van der Waals surface area (Å²) in [5, 5.41) is 4.23. The van der Waals surface area contributed by atoms with Crippen molar-refractivity contribution in [1.82, 2.24) is 5.32 Å². The third-order valence-electron chi connectivity index (χ3n) is 4.07. The van der Waals surface area contributed by atoms with E-state index < -0.39 is 0 Å². The van der Waals surface area contributed by atoms with Crippen LogP contribution < -0.4 is 10.1 Å². The minimum atomic E-state index is 0.206. The third-order valence-corrected chi connectivity index (χ3v) is 4.44. The van der Waals surface area contributed by atoms with Gasteiger partial charge in [0.25, 0.3) is 0 Å². The zero-order valence-electron chi connectivity index (χ0n) is 12.2. The van der Waals surface area contributed by atoms with Crippen molar-refractivity contribution in [1.29, 1.82) is 0 Å². The Labute approximate surface area is 131 Å². The van der Waals surface area contributed by atoms with Crippen molar-refractivity contribution in [3.8, 4) is 5.75 Å². The van der Waals surface area contributed by atoms with Crippen LogP contribution in [0.4, 0.5) is 0 Å². The number of rotatable bonds is 4. The van der Waals surface area contributed by atoms with Crippen LogP contribution in [0.3, 0.4) is 0 Å². The van der Waals surface area contributed by atoms with Crippen LogP contribution in [0.25, 0.3) is 0 Å². The highest BCUT2D eigenvalue weighted by Crippen LogP contribution is 2.34. The third kappa shape index (κ3) is 3.07. The molecule has 2 aromatic carbocycles. The molecule has 1 aliphatic rings. The van der Waals surface area contributed by atoms with Gasteiger partial charge in [0.05, 0.1) is 6.61 Å². The number of hydrogen-bond donors (Lipinski definition) is 1. The van der Waals surface area contributed by atoms with Crippen LogP contribution >= 0.6 is 11.6 Å². The molecule has 3 rings (SSSR count). The van der Waals surface area contributed by atoms with Crippen molar-refractivity contribution in [3.05, 3.63) is 64.2 Å². The highest BCUT2D eigenvalue weighted by molar-refractivity contribution is 6.31. The van der Waals surface area contributed by atoms with Gasteiger partial charge in [0.1, 0.15) is 5.75 Å². The van der Waals surface area contributed by atoms with Crippen molar-refractivity contribution in [2.45, 2.75) is 25.3 Å². The number of hydrogen-bond acceptors (Lipinski definition) is 2. The molecule has 0 aromatic heterocycles. The molecule has 1 unspecified atom stereocenters. The fourth-order valence-electron chi connectivity index (χ4n) is 2.94. The number of likely N-dealkylation sites (N-methyl/N-ethyl adjacent to an activating group) is 1. The first-order chi connectivity index (χ1) is 10.3. The summed E-state index contributed by atoms with van der Waals surface area (Å²) in [7, 11) is 1.99. The fraction of sp³-hybridized carbons (Fsp3) is 0.333. The summed E-state index contributed by atoms with van der Waals surface area (Å²) in [6, 6.07) is 14.7. The van der Waals surface area contributed by atoms with Gasteiger partial charge >= 0.3 is 0 Å². The lowest BCUT2D eigenvalue weighted by Gasteiger charge is -2.25. The van der Waals surface area contributed by atoms with E-state index in [-0.39, 0.29) is 6.04 Å². The maximum absolute atomic E-state index is 6.30. The molecule has 1 N–H and O–H groups in total. The summed E-state index contributed by atoms with van der Waals surface area (Å²) in [5.74, 6) is 1.06. The van der Waals surface area contributed by atoms with E-state index in [0.717, 1.165) is 42.2 Å². The Hall–Kier alpha value is -1.51. The highest BCUT2D eigenvalue weighted by Gasteiger charge is 2.20. The zero-order chi connectivity index (χ0) is 14.7. The maximum atomic E-state index is 6.30. The van der Waals surface area contributed by atoms with Crippen molar-refractivity contribution in [3.63, 3.8) is 0 Å². The molecule has 21 heavy (non-hydrogen) atoms. The summed E-state index contributed by atoms with van der Waals surface area (Å²) < 4.78 is 5.93. The van der Waals surface area contributed by atoms with E-state index in [1.807, 2.05) is 25.2 Å². The second-order valence-electron chi connectivity index (χ2n) is 5.42. The Morgan fingerprint density at radius 2 is 2.05 bits per heavy atom. The van der Waals surface area contributed by atoms with E-state index in [1.54, 1.807) is 0 Å². The average molecular weight is 302 g/mol. The summed E-state index contributed by atoms with van der Waals surface area (Å²) in [6.45, 7) is 0.812. The average Bonchev–Trinajstić information content (AvgIpc) is 2.54. The minimum Gasteiger partial charge on any atom is -0.493 e. The van der Waals surface area contributed by atoms with E-state index in [0.29, 0.717) is 0 Å². The van der Waals surface area contributed by atoms with Crippen LogP contribution in [0.1, 0.15) is 29.2 Å². The van der Waals surface area contributed by atoms with Gasteiger partial charge in [-0.2, -0.15) is 0 Å². The Morgan fingerprint density at radius 1 is 1.19 bits per heavy atom. The number of halogens is 1. The molecule has 2 nitrogen and oxygen atoms in total. The highest BCUT2D eigenvalue weighted by atomic mass is 35.5. The van der Waals surface area contributed by atoms with Gasteiger partial charge in [-0.1, -0.05) is 48.0 Å². The van der Waals surface area contributed by atoms with Gasteiger partial charge in [-0.15, -0.1) is 0 Å². The predicted octanol–water partition coefficient (Wildman–Crippen LogP) is 4.17. The molecule has 0 saturated carbocycles. The number of nitrogens with one attached hydrogen (secondary N) is 1. The number of para-hydroxylation sites is 1. The van der Waals surface area contributed by atoms with Crippen molar-refractivity contribution < 1.29 is 4.74 Å². The standard InChI is InChI=1S/C18H20ClNO/c1-20-17(12-14-6-2-3-10-16(14)19)15-9-4-7-13-8-5-11-21-18(13)15/h2-4,6-7,9-10,17,20H,5,8,11-12H2,1H3. The summed E-state index contributed by atoms with van der Waals surface area (Å²) in [6.07, 6.45) is 3.06. The minimum absolute atomic E-state index is 0.206. The fourth-order valence-corrected chi connectivity index (χ4v) is 3.15. The molecule has 0 fully saturated rings. The predicted molar refractivity (Wildman–Crippen MR) is 87.2 cm³/mol. The molecule has 0 saturated heterocycles. The van der Waals surface area contributed by atoms with Gasteiger partial charge in [-0.05, 0) is 43.5 Å². The van der Waals surface area contributed by atoms with Gasteiger partial charge in [0, 0.05) is 16.6 Å². The quantitative estimate of drug-likeness (QED) is 0.915. The SMILES string of the molecule is CNC(Cc1ccccc1Cl)c1cccc2c1OCCC2. The lowest BCUT2D eigenvalue weighted by atomic mass is 9.94. The summed E-state index contributed by atoms with van der Waals surface area (Å²) in [5.41, 5.74) is 3.71. The zero-order valence-corrected chi connectivity index (χ0v) is 13.0. The number of fused-ring (bicyclic) bond motifs is 1. The molecule has 2 aromatic rings. The molecule has 3 heteroatoms. The molecular weight excluding hydrogens is 282 g/mol. The molecule has 110 valence electrons. The first-order valence-electron chi connectivity index (χ1n) is 7.45. The number of aryl methyl sites for hydroxylation is 1. The summed E-state index contributed by atoms with van der Waals surface area (Å²) >= 11 is 6.30. The monoisotopic (exact) mass is 301 g/mol. The van der Waals surface area contributed by atoms with E-state index in [2.05, 4.69) is 29.6 Å². The Balaban J connectivity index is 1.92. The topological polar surface area (TPSA) is 21.3 Å². The van der Waals surface area contributed by atoms with Crippen LogP contribution in [0, 0.1) is 0 Å². The van der Waals surface area contributed by atoms with Gasteiger partial charge < -0.3 is 10.1 Å². The molecule has 1 aliphatic heterocycles. The van der Waals surface area contributed by atoms with Crippen LogP contribution in [0.15, 0.2) is 42.5 Å². The Bertz CT molecular complexity index is 626. The van der Waals surface area contributed by atoms with Crippen molar-refractivity contribution in [2.24, 2.45) is 0 Å². The molecule has 1 atom stereocenters. The number of benzene rings is 2. The normalized spacial score (nSPS) is 15.1. The largest absolute Gasteiger partial charge is 0.493 e. The smallest absolute Gasteiger partial charge is 0.127 e. The molecule has 0 bridgehead atoms. The van der Waals surface area contributed by atoms with Crippen molar-refractivity contribution in [2.75, 3.05) is 13.7 Å². The first kappa shape index (κ1) is 14.4. The lowest BCUT2D eigenvalue weighted by molar-refractivity contribution is 0.282. The number of ether oxygens (including phenoxy) is 1.